The van der Waals surface area contributed by atoms with Crippen LogP contribution in [0.2, 0.25) is 0 Å². The third-order valence-electron chi connectivity index (χ3n) is 2.87. The molecular formula is C15H23N3O2. The molecule has 0 saturated heterocycles. The Morgan fingerprint density at radius 3 is 2.40 bits per heavy atom. The van der Waals surface area contributed by atoms with E-state index in [1.54, 1.807) is 12.1 Å². The van der Waals surface area contributed by atoms with Gasteiger partial charge in [-0.25, -0.2) is 0 Å². The van der Waals surface area contributed by atoms with E-state index in [9.17, 15) is 9.59 Å². The lowest BCUT2D eigenvalue weighted by Crippen LogP contribution is -2.25. The molecule has 0 aliphatic rings. The van der Waals surface area contributed by atoms with Gasteiger partial charge >= 0.3 is 0 Å². The smallest absolute Gasteiger partial charge is 0.251 e. The highest BCUT2D eigenvalue weighted by Crippen LogP contribution is 2.04. The number of rotatable bonds is 7. The Morgan fingerprint density at radius 1 is 1.20 bits per heavy atom. The van der Waals surface area contributed by atoms with Crippen molar-refractivity contribution in [3.63, 3.8) is 0 Å². The minimum Gasteiger partial charge on any atom is -0.352 e. The van der Waals surface area contributed by atoms with Crippen LogP contribution in [0.25, 0.3) is 0 Å². The summed E-state index contributed by atoms with van der Waals surface area (Å²) in [5.41, 5.74) is 7.19. The molecule has 1 rings (SSSR count). The molecule has 0 aromatic heterocycles. The van der Waals surface area contributed by atoms with Gasteiger partial charge in [0.2, 0.25) is 5.91 Å². The molecule has 1 aromatic rings. The Balaban J connectivity index is 2.42. The first-order valence-corrected chi connectivity index (χ1v) is 6.92. The fraction of sp³-hybridized carbons (Fsp3) is 0.467. The summed E-state index contributed by atoms with van der Waals surface area (Å²) in [7, 11) is 0. The summed E-state index contributed by atoms with van der Waals surface area (Å²) in [6, 6.07) is 7.24. The van der Waals surface area contributed by atoms with Gasteiger partial charge in [0, 0.05) is 31.1 Å². The lowest BCUT2D eigenvalue weighted by atomic mass is 10.1. The van der Waals surface area contributed by atoms with Crippen molar-refractivity contribution in [3.05, 3.63) is 35.4 Å². The van der Waals surface area contributed by atoms with Crippen molar-refractivity contribution in [2.75, 3.05) is 6.54 Å². The summed E-state index contributed by atoms with van der Waals surface area (Å²) in [6.45, 7) is 4.83. The van der Waals surface area contributed by atoms with Crippen molar-refractivity contribution in [2.24, 2.45) is 5.73 Å². The monoisotopic (exact) mass is 277 g/mol. The minimum atomic E-state index is -0.0833. The summed E-state index contributed by atoms with van der Waals surface area (Å²) in [6.07, 6.45) is 1.12. The SMILES string of the molecule is CCNC(=O)c1ccc(CNC(=O)CCC(C)N)cc1. The third kappa shape index (κ3) is 5.84. The number of hydrogen-bond donors (Lipinski definition) is 3. The second kappa shape index (κ2) is 8.32. The zero-order chi connectivity index (χ0) is 15.0. The van der Waals surface area contributed by atoms with E-state index >= 15 is 0 Å². The van der Waals surface area contributed by atoms with E-state index in [4.69, 9.17) is 5.73 Å². The number of nitrogens with two attached hydrogens (primary N) is 1. The summed E-state index contributed by atoms with van der Waals surface area (Å²) < 4.78 is 0. The predicted octanol–water partition coefficient (Wildman–Crippen LogP) is 1.18. The third-order valence-corrected chi connectivity index (χ3v) is 2.87. The highest BCUT2D eigenvalue weighted by atomic mass is 16.2. The molecule has 110 valence electrons. The van der Waals surface area contributed by atoms with E-state index < -0.39 is 0 Å². The molecule has 20 heavy (non-hydrogen) atoms. The predicted molar refractivity (Wildman–Crippen MR) is 79.2 cm³/mol. The van der Waals surface area contributed by atoms with Crippen LogP contribution in [-0.2, 0) is 11.3 Å². The van der Waals surface area contributed by atoms with Crippen molar-refractivity contribution < 1.29 is 9.59 Å². The van der Waals surface area contributed by atoms with Gasteiger partial charge in [-0.2, -0.15) is 0 Å². The summed E-state index contributed by atoms with van der Waals surface area (Å²) in [4.78, 5) is 23.1. The van der Waals surface area contributed by atoms with E-state index in [1.807, 2.05) is 26.0 Å². The van der Waals surface area contributed by atoms with E-state index in [2.05, 4.69) is 10.6 Å². The van der Waals surface area contributed by atoms with Crippen LogP contribution < -0.4 is 16.4 Å². The van der Waals surface area contributed by atoms with Crippen LogP contribution in [-0.4, -0.2) is 24.4 Å². The topological polar surface area (TPSA) is 84.2 Å². The van der Waals surface area contributed by atoms with Gasteiger partial charge in [-0.15, -0.1) is 0 Å². The molecule has 0 aliphatic heterocycles. The quantitative estimate of drug-likeness (QED) is 0.699. The normalized spacial score (nSPS) is 11.8. The molecule has 1 aromatic carbocycles. The lowest BCUT2D eigenvalue weighted by Gasteiger charge is -2.08. The first-order chi connectivity index (χ1) is 9.52. The summed E-state index contributed by atoms with van der Waals surface area (Å²) >= 11 is 0. The Hall–Kier alpha value is -1.88. The van der Waals surface area contributed by atoms with Gasteiger partial charge in [0.05, 0.1) is 0 Å². The van der Waals surface area contributed by atoms with E-state index in [1.165, 1.54) is 0 Å². The standard InChI is InChI=1S/C15H23N3O2/c1-3-17-15(20)13-7-5-12(6-8-13)10-18-14(19)9-4-11(2)16/h5-8,11H,3-4,9-10,16H2,1-2H3,(H,17,20)(H,18,19). The van der Waals surface area contributed by atoms with Gasteiger partial charge < -0.3 is 16.4 Å². The van der Waals surface area contributed by atoms with Gasteiger partial charge in [0.25, 0.3) is 5.91 Å². The number of carbonyl (C=O) groups is 2. The number of hydrogen-bond acceptors (Lipinski definition) is 3. The van der Waals surface area contributed by atoms with E-state index in [-0.39, 0.29) is 17.9 Å². The van der Waals surface area contributed by atoms with Gasteiger partial charge in [-0.1, -0.05) is 12.1 Å². The molecule has 0 bridgehead atoms. The molecule has 0 saturated carbocycles. The first kappa shape index (κ1) is 16.2. The molecule has 0 spiro atoms. The van der Waals surface area contributed by atoms with Crippen LogP contribution in [0.15, 0.2) is 24.3 Å². The molecule has 1 unspecified atom stereocenters. The van der Waals surface area contributed by atoms with Crippen molar-refractivity contribution in [1.82, 2.24) is 10.6 Å². The fourth-order valence-electron chi connectivity index (χ4n) is 1.68. The Bertz CT molecular complexity index is 441. The minimum absolute atomic E-state index is 0.00453. The Morgan fingerprint density at radius 2 is 1.85 bits per heavy atom. The average molecular weight is 277 g/mol. The molecule has 0 radical (unpaired) electrons. The van der Waals surface area contributed by atoms with E-state index in [0.29, 0.717) is 31.5 Å². The highest BCUT2D eigenvalue weighted by molar-refractivity contribution is 5.94. The molecule has 0 fully saturated rings. The number of amides is 2. The maximum absolute atomic E-state index is 11.6. The van der Waals surface area contributed by atoms with Gasteiger partial charge in [-0.3, -0.25) is 9.59 Å². The maximum Gasteiger partial charge on any atom is 0.251 e. The molecule has 0 heterocycles. The molecule has 4 N–H and O–H groups in total. The Kier molecular flexibility index (Phi) is 6.73. The lowest BCUT2D eigenvalue weighted by molar-refractivity contribution is -0.121. The fourth-order valence-corrected chi connectivity index (χ4v) is 1.68. The largest absolute Gasteiger partial charge is 0.352 e. The molecule has 5 nitrogen and oxygen atoms in total. The second-order valence-electron chi connectivity index (χ2n) is 4.85. The zero-order valence-electron chi connectivity index (χ0n) is 12.1. The van der Waals surface area contributed by atoms with E-state index in [0.717, 1.165) is 5.56 Å². The second-order valence-corrected chi connectivity index (χ2v) is 4.85. The van der Waals surface area contributed by atoms with Crippen molar-refractivity contribution in [2.45, 2.75) is 39.3 Å². The number of benzene rings is 1. The van der Waals surface area contributed by atoms with Crippen LogP contribution in [0.5, 0.6) is 0 Å². The molecule has 5 heteroatoms. The van der Waals surface area contributed by atoms with Crippen LogP contribution in [0.3, 0.4) is 0 Å². The van der Waals surface area contributed by atoms with Crippen molar-refractivity contribution >= 4 is 11.8 Å². The molecule has 2 amide bonds. The van der Waals surface area contributed by atoms with Crippen LogP contribution >= 0.6 is 0 Å². The Labute approximate surface area is 119 Å². The maximum atomic E-state index is 11.6. The molecule has 1 atom stereocenters. The summed E-state index contributed by atoms with van der Waals surface area (Å²) in [5, 5.41) is 5.57. The number of nitrogens with one attached hydrogen (secondary N) is 2. The van der Waals surface area contributed by atoms with Crippen molar-refractivity contribution in [1.29, 1.82) is 0 Å². The highest BCUT2D eigenvalue weighted by Gasteiger charge is 2.05. The van der Waals surface area contributed by atoms with Gasteiger partial charge in [-0.05, 0) is 38.0 Å². The van der Waals surface area contributed by atoms with Gasteiger partial charge in [0.15, 0.2) is 0 Å². The van der Waals surface area contributed by atoms with Crippen molar-refractivity contribution in [3.8, 4) is 0 Å². The van der Waals surface area contributed by atoms with Crippen LogP contribution in [0.4, 0.5) is 0 Å². The number of carbonyl (C=O) groups excluding carboxylic acids is 2. The first-order valence-electron chi connectivity index (χ1n) is 6.92. The van der Waals surface area contributed by atoms with Crippen LogP contribution in [0, 0.1) is 0 Å². The average Bonchev–Trinajstić information content (AvgIpc) is 2.43. The van der Waals surface area contributed by atoms with Crippen LogP contribution in [0.1, 0.15) is 42.6 Å². The summed E-state index contributed by atoms with van der Waals surface area (Å²) in [5.74, 6) is -0.0879. The zero-order valence-corrected chi connectivity index (χ0v) is 12.1. The molecule has 0 aliphatic carbocycles. The van der Waals surface area contributed by atoms with Gasteiger partial charge in [0.1, 0.15) is 0 Å². The molecular weight excluding hydrogens is 254 g/mol.